The molecule has 0 heterocycles. The second-order valence-corrected chi connectivity index (χ2v) is 7.04. The SMILES string of the molecule is CN(C)c1ccc(C(=O)Oc2ccc(/C=N/NC(=O)c3ccc(Cl)cc3)cc2)cc1. The Balaban J connectivity index is 1.55. The first-order valence-electron chi connectivity index (χ1n) is 9.11. The molecule has 3 aromatic rings. The molecule has 1 amide bonds. The zero-order chi connectivity index (χ0) is 21.5. The lowest BCUT2D eigenvalue weighted by Crippen LogP contribution is -2.17. The molecule has 3 aromatic carbocycles. The third kappa shape index (κ3) is 5.68. The van der Waals surface area contributed by atoms with E-state index in [4.69, 9.17) is 16.3 Å². The molecule has 0 atom stereocenters. The number of esters is 1. The van der Waals surface area contributed by atoms with Crippen molar-refractivity contribution in [2.75, 3.05) is 19.0 Å². The van der Waals surface area contributed by atoms with E-state index in [-0.39, 0.29) is 5.91 Å². The maximum Gasteiger partial charge on any atom is 0.343 e. The summed E-state index contributed by atoms with van der Waals surface area (Å²) in [5, 5.41) is 4.49. The Bertz CT molecular complexity index is 1040. The molecule has 0 saturated heterocycles. The van der Waals surface area contributed by atoms with Crippen molar-refractivity contribution < 1.29 is 14.3 Å². The van der Waals surface area contributed by atoms with Gasteiger partial charge < -0.3 is 9.64 Å². The summed E-state index contributed by atoms with van der Waals surface area (Å²) in [5.41, 5.74) is 5.11. The fraction of sp³-hybridized carbons (Fsp3) is 0.0870. The van der Waals surface area contributed by atoms with Crippen LogP contribution in [0.2, 0.25) is 5.02 Å². The van der Waals surface area contributed by atoms with E-state index in [1.165, 1.54) is 6.21 Å². The van der Waals surface area contributed by atoms with E-state index >= 15 is 0 Å². The summed E-state index contributed by atoms with van der Waals surface area (Å²) >= 11 is 5.80. The molecule has 7 heteroatoms. The van der Waals surface area contributed by atoms with Gasteiger partial charge in [0.2, 0.25) is 0 Å². The Morgan fingerprint density at radius 1 is 0.900 bits per heavy atom. The van der Waals surface area contributed by atoms with E-state index in [2.05, 4.69) is 10.5 Å². The van der Waals surface area contributed by atoms with Gasteiger partial charge in [0.25, 0.3) is 5.91 Å². The molecule has 0 aliphatic rings. The van der Waals surface area contributed by atoms with Crippen molar-refractivity contribution in [1.29, 1.82) is 0 Å². The fourth-order valence-electron chi connectivity index (χ4n) is 2.51. The predicted molar refractivity (Wildman–Crippen MR) is 119 cm³/mol. The highest BCUT2D eigenvalue weighted by Crippen LogP contribution is 2.16. The van der Waals surface area contributed by atoms with Crippen molar-refractivity contribution in [3.8, 4) is 5.75 Å². The molecule has 0 aliphatic carbocycles. The van der Waals surface area contributed by atoms with Crippen LogP contribution in [0.3, 0.4) is 0 Å². The smallest absolute Gasteiger partial charge is 0.343 e. The van der Waals surface area contributed by atoms with E-state index in [1.54, 1.807) is 60.7 Å². The van der Waals surface area contributed by atoms with E-state index < -0.39 is 5.97 Å². The van der Waals surface area contributed by atoms with E-state index in [0.717, 1.165) is 11.3 Å². The minimum atomic E-state index is -0.433. The highest BCUT2D eigenvalue weighted by molar-refractivity contribution is 6.30. The van der Waals surface area contributed by atoms with Crippen LogP contribution in [0.25, 0.3) is 0 Å². The number of amides is 1. The Kier molecular flexibility index (Phi) is 6.83. The molecular weight excluding hydrogens is 402 g/mol. The van der Waals surface area contributed by atoms with Gasteiger partial charge in [-0.25, -0.2) is 10.2 Å². The van der Waals surface area contributed by atoms with Crippen LogP contribution in [-0.2, 0) is 0 Å². The van der Waals surface area contributed by atoms with Crippen LogP contribution in [0.15, 0.2) is 77.9 Å². The summed E-state index contributed by atoms with van der Waals surface area (Å²) in [6.45, 7) is 0. The third-order valence-electron chi connectivity index (χ3n) is 4.20. The lowest BCUT2D eigenvalue weighted by molar-refractivity contribution is 0.0734. The molecule has 0 unspecified atom stereocenters. The van der Waals surface area contributed by atoms with Crippen molar-refractivity contribution in [3.05, 3.63) is 94.5 Å². The number of rotatable bonds is 6. The molecular formula is C23H20ClN3O3. The van der Waals surface area contributed by atoms with Crippen molar-refractivity contribution in [1.82, 2.24) is 5.43 Å². The van der Waals surface area contributed by atoms with Gasteiger partial charge in [0.1, 0.15) is 5.75 Å². The minimum absolute atomic E-state index is 0.339. The minimum Gasteiger partial charge on any atom is -0.423 e. The highest BCUT2D eigenvalue weighted by atomic mass is 35.5. The second-order valence-electron chi connectivity index (χ2n) is 6.61. The van der Waals surface area contributed by atoms with Crippen molar-refractivity contribution in [2.45, 2.75) is 0 Å². The lowest BCUT2D eigenvalue weighted by atomic mass is 10.2. The highest BCUT2D eigenvalue weighted by Gasteiger charge is 2.09. The number of carbonyl (C=O) groups excluding carboxylic acids is 2. The van der Waals surface area contributed by atoms with E-state index in [1.807, 2.05) is 31.1 Å². The van der Waals surface area contributed by atoms with Crippen LogP contribution >= 0.6 is 11.6 Å². The van der Waals surface area contributed by atoms with Crippen LogP contribution < -0.4 is 15.1 Å². The van der Waals surface area contributed by atoms with Gasteiger partial charge in [-0.1, -0.05) is 11.6 Å². The molecule has 6 nitrogen and oxygen atoms in total. The molecule has 0 radical (unpaired) electrons. The number of hydrazone groups is 1. The number of hydrogen-bond acceptors (Lipinski definition) is 5. The average molecular weight is 422 g/mol. The van der Waals surface area contributed by atoms with Crippen LogP contribution in [0.1, 0.15) is 26.3 Å². The number of halogens is 1. The zero-order valence-electron chi connectivity index (χ0n) is 16.5. The molecule has 0 fully saturated rings. The summed E-state index contributed by atoms with van der Waals surface area (Å²) in [6, 6.07) is 20.4. The molecule has 0 bridgehead atoms. The Labute approximate surface area is 179 Å². The third-order valence-corrected chi connectivity index (χ3v) is 4.45. The fourth-order valence-corrected chi connectivity index (χ4v) is 2.64. The molecule has 0 aliphatic heterocycles. The maximum atomic E-state index is 12.3. The number of anilines is 1. The first kappa shape index (κ1) is 21.1. The van der Waals surface area contributed by atoms with Crippen LogP contribution in [0.5, 0.6) is 5.75 Å². The molecule has 0 spiro atoms. The maximum absolute atomic E-state index is 12.3. The molecule has 152 valence electrons. The number of benzene rings is 3. The van der Waals surface area contributed by atoms with Crippen molar-refractivity contribution in [3.63, 3.8) is 0 Å². The average Bonchev–Trinajstić information content (AvgIpc) is 2.75. The lowest BCUT2D eigenvalue weighted by Gasteiger charge is -2.12. The first-order valence-corrected chi connectivity index (χ1v) is 9.49. The van der Waals surface area contributed by atoms with Crippen molar-refractivity contribution >= 4 is 35.4 Å². The van der Waals surface area contributed by atoms with Crippen LogP contribution in [-0.4, -0.2) is 32.2 Å². The molecule has 0 aromatic heterocycles. The van der Waals surface area contributed by atoms with Gasteiger partial charge in [0, 0.05) is 30.4 Å². The molecule has 30 heavy (non-hydrogen) atoms. The normalized spacial score (nSPS) is 10.6. The van der Waals surface area contributed by atoms with E-state index in [9.17, 15) is 9.59 Å². The second kappa shape index (κ2) is 9.71. The molecule has 0 saturated carbocycles. The monoisotopic (exact) mass is 421 g/mol. The molecule has 3 rings (SSSR count). The predicted octanol–water partition coefficient (Wildman–Crippen LogP) is 4.39. The number of nitrogens with one attached hydrogen (secondary N) is 1. The van der Waals surface area contributed by atoms with Gasteiger partial charge in [-0.15, -0.1) is 0 Å². The summed E-state index contributed by atoms with van der Waals surface area (Å²) in [6.07, 6.45) is 1.50. The standard InChI is InChI=1S/C23H20ClN3O3/c1-27(2)20-11-7-18(8-12-20)23(29)30-21-13-3-16(4-14-21)15-25-26-22(28)17-5-9-19(24)10-6-17/h3-15H,1-2H3,(H,26,28)/b25-15+. The van der Waals surface area contributed by atoms with Gasteiger partial charge in [-0.3, -0.25) is 4.79 Å². The number of ether oxygens (including phenoxy) is 1. The Morgan fingerprint density at radius 2 is 1.50 bits per heavy atom. The number of hydrogen-bond donors (Lipinski definition) is 1. The van der Waals surface area contributed by atoms with Crippen molar-refractivity contribution in [2.24, 2.45) is 5.10 Å². The quantitative estimate of drug-likeness (QED) is 0.277. The van der Waals surface area contributed by atoms with Gasteiger partial charge in [0.15, 0.2) is 0 Å². The topological polar surface area (TPSA) is 71.0 Å². The summed E-state index contributed by atoms with van der Waals surface area (Å²) < 4.78 is 5.39. The number of nitrogens with zero attached hydrogens (tertiary/aromatic N) is 2. The summed E-state index contributed by atoms with van der Waals surface area (Å²) in [7, 11) is 3.86. The van der Waals surface area contributed by atoms with Gasteiger partial charge in [-0.2, -0.15) is 5.10 Å². The number of carbonyl (C=O) groups is 2. The van der Waals surface area contributed by atoms with Crippen LogP contribution in [0.4, 0.5) is 5.69 Å². The zero-order valence-corrected chi connectivity index (χ0v) is 17.3. The summed E-state index contributed by atoms with van der Waals surface area (Å²) in [5.74, 6) is -0.357. The van der Waals surface area contributed by atoms with E-state index in [0.29, 0.717) is 21.9 Å². The largest absolute Gasteiger partial charge is 0.423 e. The summed E-state index contributed by atoms with van der Waals surface area (Å²) in [4.78, 5) is 26.2. The Morgan fingerprint density at radius 3 is 2.10 bits per heavy atom. The van der Waals surface area contributed by atoms with Gasteiger partial charge in [0.05, 0.1) is 11.8 Å². The van der Waals surface area contributed by atoms with Gasteiger partial charge >= 0.3 is 5.97 Å². The molecule has 1 N–H and O–H groups in total. The first-order chi connectivity index (χ1) is 14.4. The van der Waals surface area contributed by atoms with Gasteiger partial charge in [-0.05, 0) is 78.4 Å². The van der Waals surface area contributed by atoms with Crippen LogP contribution in [0, 0.1) is 0 Å². The Hall–Kier alpha value is -3.64.